The summed E-state index contributed by atoms with van der Waals surface area (Å²) in [5, 5.41) is 3.64. The first kappa shape index (κ1) is 12.3. The lowest BCUT2D eigenvalue weighted by Crippen LogP contribution is -2.17. The molecule has 0 radical (unpaired) electrons. The molecule has 5 heteroatoms. The van der Waals surface area contributed by atoms with Crippen molar-refractivity contribution in [3.05, 3.63) is 30.5 Å². The standard InChI is InChI=1S/C13H14N2O3/c1-17-8-13(16)15-10-5-9-3-4-11(18-2)6-12(9)14-7-10/h3-7H,8H2,1-2H3,(H,15,16). The highest BCUT2D eigenvalue weighted by atomic mass is 16.5. The summed E-state index contributed by atoms with van der Waals surface area (Å²) >= 11 is 0. The Labute approximate surface area is 105 Å². The van der Waals surface area contributed by atoms with Crippen molar-refractivity contribution in [2.45, 2.75) is 0 Å². The Kier molecular flexibility index (Phi) is 3.74. The molecule has 0 saturated heterocycles. The van der Waals surface area contributed by atoms with Crippen LogP contribution in [0.3, 0.4) is 0 Å². The van der Waals surface area contributed by atoms with Gasteiger partial charge in [0.25, 0.3) is 0 Å². The van der Waals surface area contributed by atoms with Gasteiger partial charge in [-0.2, -0.15) is 0 Å². The minimum atomic E-state index is -0.202. The number of hydrogen-bond acceptors (Lipinski definition) is 4. The first-order valence-electron chi connectivity index (χ1n) is 5.45. The predicted octanol–water partition coefficient (Wildman–Crippen LogP) is 1.83. The van der Waals surface area contributed by atoms with Crippen LogP contribution in [0.25, 0.3) is 10.9 Å². The first-order valence-corrected chi connectivity index (χ1v) is 5.45. The second-order valence-electron chi connectivity index (χ2n) is 3.76. The van der Waals surface area contributed by atoms with Crippen LogP contribution in [0.2, 0.25) is 0 Å². The van der Waals surface area contributed by atoms with Gasteiger partial charge in [0.05, 0.1) is 24.5 Å². The van der Waals surface area contributed by atoms with Crippen LogP contribution in [-0.2, 0) is 9.53 Å². The van der Waals surface area contributed by atoms with E-state index in [0.717, 1.165) is 16.7 Å². The van der Waals surface area contributed by atoms with Gasteiger partial charge in [-0.3, -0.25) is 9.78 Å². The minimum absolute atomic E-state index is 0.0284. The Morgan fingerprint density at radius 3 is 2.89 bits per heavy atom. The van der Waals surface area contributed by atoms with E-state index in [9.17, 15) is 4.79 Å². The van der Waals surface area contributed by atoms with E-state index in [2.05, 4.69) is 10.3 Å². The van der Waals surface area contributed by atoms with Crippen molar-refractivity contribution in [2.75, 3.05) is 26.1 Å². The molecule has 0 saturated carbocycles. The second kappa shape index (κ2) is 5.46. The van der Waals surface area contributed by atoms with E-state index in [-0.39, 0.29) is 12.5 Å². The zero-order valence-corrected chi connectivity index (χ0v) is 10.3. The minimum Gasteiger partial charge on any atom is -0.497 e. The van der Waals surface area contributed by atoms with Gasteiger partial charge in [-0.25, -0.2) is 0 Å². The Morgan fingerprint density at radius 1 is 1.33 bits per heavy atom. The number of nitrogens with one attached hydrogen (secondary N) is 1. The van der Waals surface area contributed by atoms with E-state index in [1.165, 1.54) is 7.11 Å². The number of anilines is 1. The fourth-order valence-electron chi connectivity index (χ4n) is 1.62. The Hall–Kier alpha value is -2.14. The number of fused-ring (bicyclic) bond motifs is 1. The van der Waals surface area contributed by atoms with E-state index in [1.54, 1.807) is 13.3 Å². The average Bonchev–Trinajstić information content (AvgIpc) is 2.38. The van der Waals surface area contributed by atoms with Crippen LogP contribution in [0.5, 0.6) is 5.75 Å². The maximum atomic E-state index is 11.4. The van der Waals surface area contributed by atoms with Crippen LogP contribution in [0.4, 0.5) is 5.69 Å². The third-order valence-electron chi connectivity index (χ3n) is 2.45. The number of rotatable bonds is 4. The van der Waals surface area contributed by atoms with Crippen molar-refractivity contribution in [3.63, 3.8) is 0 Å². The molecule has 0 atom stereocenters. The van der Waals surface area contributed by atoms with Crippen molar-refractivity contribution in [2.24, 2.45) is 0 Å². The average molecular weight is 246 g/mol. The normalized spacial score (nSPS) is 10.3. The molecule has 0 bridgehead atoms. The molecule has 0 unspecified atom stereocenters. The molecule has 2 aromatic rings. The fourth-order valence-corrected chi connectivity index (χ4v) is 1.62. The molecular formula is C13H14N2O3. The molecule has 0 aliphatic heterocycles. The SMILES string of the molecule is COCC(=O)Nc1cnc2cc(OC)ccc2c1. The lowest BCUT2D eigenvalue weighted by molar-refractivity contribution is -0.119. The number of amides is 1. The quantitative estimate of drug-likeness (QED) is 0.894. The molecule has 1 heterocycles. The maximum Gasteiger partial charge on any atom is 0.250 e. The molecular weight excluding hydrogens is 232 g/mol. The summed E-state index contributed by atoms with van der Waals surface area (Å²) in [6.07, 6.45) is 1.61. The van der Waals surface area contributed by atoms with Crippen molar-refractivity contribution in [1.82, 2.24) is 4.98 Å². The van der Waals surface area contributed by atoms with Crippen molar-refractivity contribution >= 4 is 22.5 Å². The van der Waals surface area contributed by atoms with Crippen LogP contribution in [0.15, 0.2) is 30.5 Å². The van der Waals surface area contributed by atoms with Gasteiger partial charge in [0.2, 0.25) is 5.91 Å². The summed E-state index contributed by atoms with van der Waals surface area (Å²) in [5.41, 5.74) is 1.47. The second-order valence-corrected chi connectivity index (χ2v) is 3.76. The number of carbonyl (C=O) groups excluding carboxylic acids is 1. The number of carbonyl (C=O) groups is 1. The molecule has 1 amide bonds. The number of ether oxygens (including phenoxy) is 2. The summed E-state index contributed by atoms with van der Waals surface area (Å²) in [4.78, 5) is 15.6. The topological polar surface area (TPSA) is 60.5 Å². The molecule has 0 fully saturated rings. The summed E-state index contributed by atoms with van der Waals surface area (Å²) < 4.78 is 9.87. The number of methoxy groups -OCH3 is 2. The smallest absolute Gasteiger partial charge is 0.250 e. The van der Waals surface area contributed by atoms with Crippen LogP contribution < -0.4 is 10.1 Å². The molecule has 0 spiro atoms. The third-order valence-corrected chi connectivity index (χ3v) is 2.45. The lowest BCUT2D eigenvalue weighted by atomic mass is 10.2. The molecule has 1 aromatic carbocycles. The van der Waals surface area contributed by atoms with Crippen molar-refractivity contribution in [1.29, 1.82) is 0 Å². The number of pyridine rings is 1. The van der Waals surface area contributed by atoms with Gasteiger partial charge in [0.15, 0.2) is 0 Å². The summed E-state index contributed by atoms with van der Waals surface area (Å²) in [6.45, 7) is 0.0284. The van der Waals surface area contributed by atoms with Crippen LogP contribution >= 0.6 is 0 Å². The summed E-state index contributed by atoms with van der Waals surface area (Å²) in [6, 6.07) is 7.45. The molecule has 0 aliphatic rings. The van der Waals surface area contributed by atoms with Gasteiger partial charge < -0.3 is 14.8 Å². The van der Waals surface area contributed by atoms with E-state index in [0.29, 0.717) is 5.69 Å². The van der Waals surface area contributed by atoms with Gasteiger partial charge in [0, 0.05) is 18.6 Å². The number of aromatic nitrogens is 1. The van der Waals surface area contributed by atoms with Crippen LogP contribution in [0.1, 0.15) is 0 Å². The summed E-state index contributed by atoms with van der Waals surface area (Å²) in [7, 11) is 3.09. The van der Waals surface area contributed by atoms with Gasteiger partial charge in [0.1, 0.15) is 12.4 Å². The van der Waals surface area contributed by atoms with E-state index in [1.807, 2.05) is 24.3 Å². The molecule has 1 aromatic heterocycles. The van der Waals surface area contributed by atoms with Gasteiger partial charge in [-0.1, -0.05) is 0 Å². The maximum absolute atomic E-state index is 11.4. The van der Waals surface area contributed by atoms with Gasteiger partial charge in [-0.15, -0.1) is 0 Å². The highest BCUT2D eigenvalue weighted by molar-refractivity contribution is 5.94. The Balaban J connectivity index is 2.25. The van der Waals surface area contributed by atoms with Gasteiger partial charge >= 0.3 is 0 Å². The largest absolute Gasteiger partial charge is 0.497 e. The van der Waals surface area contributed by atoms with E-state index in [4.69, 9.17) is 9.47 Å². The number of nitrogens with zero attached hydrogens (tertiary/aromatic N) is 1. The molecule has 2 rings (SSSR count). The van der Waals surface area contributed by atoms with Crippen LogP contribution in [0, 0.1) is 0 Å². The zero-order chi connectivity index (χ0) is 13.0. The zero-order valence-electron chi connectivity index (χ0n) is 10.3. The monoisotopic (exact) mass is 246 g/mol. The third kappa shape index (κ3) is 2.75. The Bertz CT molecular complexity index is 569. The highest BCUT2D eigenvalue weighted by Crippen LogP contribution is 2.21. The molecule has 1 N–H and O–H groups in total. The fraction of sp³-hybridized carbons (Fsp3) is 0.231. The van der Waals surface area contributed by atoms with Crippen LogP contribution in [-0.4, -0.2) is 31.7 Å². The lowest BCUT2D eigenvalue weighted by Gasteiger charge is -2.06. The molecule has 18 heavy (non-hydrogen) atoms. The predicted molar refractivity (Wildman–Crippen MR) is 68.8 cm³/mol. The van der Waals surface area contributed by atoms with E-state index < -0.39 is 0 Å². The highest BCUT2D eigenvalue weighted by Gasteiger charge is 2.03. The number of hydrogen-bond donors (Lipinski definition) is 1. The number of benzene rings is 1. The van der Waals surface area contributed by atoms with Crippen molar-refractivity contribution < 1.29 is 14.3 Å². The molecule has 94 valence electrons. The summed E-state index contributed by atoms with van der Waals surface area (Å²) in [5.74, 6) is 0.554. The Morgan fingerprint density at radius 2 is 2.17 bits per heavy atom. The van der Waals surface area contributed by atoms with Gasteiger partial charge in [-0.05, 0) is 18.2 Å². The molecule has 5 nitrogen and oxygen atoms in total. The molecule has 0 aliphatic carbocycles. The van der Waals surface area contributed by atoms with E-state index >= 15 is 0 Å². The first-order chi connectivity index (χ1) is 8.72. The van der Waals surface area contributed by atoms with Crippen molar-refractivity contribution in [3.8, 4) is 5.75 Å².